The number of nitrogens with one attached hydrogen (secondary N) is 2. The van der Waals surface area contributed by atoms with Crippen molar-refractivity contribution in [3.63, 3.8) is 0 Å². The highest BCUT2D eigenvalue weighted by Crippen LogP contribution is 2.35. The first-order chi connectivity index (χ1) is 19.1. The van der Waals surface area contributed by atoms with Gasteiger partial charge in [0.05, 0.1) is 6.54 Å². The number of likely N-dealkylation sites (N-methyl/N-ethyl adjacent to an activating group) is 1. The van der Waals surface area contributed by atoms with Crippen LogP contribution < -0.4 is 10.6 Å². The zero-order chi connectivity index (χ0) is 30.5. The van der Waals surface area contributed by atoms with Gasteiger partial charge in [0.2, 0.25) is 5.91 Å². The molecule has 0 aliphatic heterocycles. The number of ketones is 2. The Morgan fingerprint density at radius 2 is 1.59 bits per heavy atom. The molecule has 1 aromatic carbocycles. The molecule has 0 saturated carbocycles. The third-order valence-electron chi connectivity index (χ3n) is 5.26. The molecule has 220 valence electrons. The maximum atomic E-state index is 11.8. The second-order valence-corrected chi connectivity index (χ2v) is 9.89. The lowest BCUT2D eigenvalue weighted by Gasteiger charge is -2.11. The van der Waals surface area contributed by atoms with Gasteiger partial charge in [-0.25, -0.2) is 9.97 Å². The highest BCUT2D eigenvalue weighted by molar-refractivity contribution is 7.21. The first-order valence-electron chi connectivity index (χ1n) is 11.8. The molecular weight excluding hydrogens is 578 g/mol. The van der Waals surface area contributed by atoms with Crippen molar-refractivity contribution in [2.75, 3.05) is 39.0 Å². The average molecular weight is 603 g/mol. The van der Waals surface area contributed by atoms with Crippen LogP contribution in [0.5, 0.6) is 0 Å². The van der Waals surface area contributed by atoms with Crippen molar-refractivity contribution in [2.45, 2.75) is 19.3 Å². The number of Topliss-reactive ketones (excluding diaryl/α,β-unsaturated/α-hetero) is 2. The van der Waals surface area contributed by atoms with Crippen molar-refractivity contribution in [3.8, 4) is 10.4 Å². The summed E-state index contributed by atoms with van der Waals surface area (Å²) in [4.78, 5) is 44.5. The molecule has 0 radical (unpaired) electrons. The molecule has 3 heterocycles. The van der Waals surface area contributed by atoms with Crippen molar-refractivity contribution in [3.05, 3.63) is 48.3 Å². The molecule has 4 rings (SSSR count). The first-order valence-corrected chi connectivity index (χ1v) is 12.6. The summed E-state index contributed by atoms with van der Waals surface area (Å²) in [6.45, 7) is 3.53. The van der Waals surface area contributed by atoms with E-state index in [1.54, 1.807) is 11.3 Å². The normalized spacial score (nSPS) is 11.9. The summed E-state index contributed by atoms with van der Waals surface area (Å²) in [5.74, 6) is -6.08. The van der Waals surface area contributed by atoms with Gasteiger partial charge < -0.3 is 15.5 Å². The number of benzene rings is 1. The van der Waals surface area contributed by atoms with Crippen LogP contribution in [0.25, 0.3) is 26.4 Å². The molecule has 0 saturated heterocycles. The number of hydrogen-bond donors (Lipinski definition) is 2. The van der Waals surface area contributed by atoms with E-state index in [2.05, 4.69) is 38.2 Å². The van der Waals surface area contributed by atoms with E-state index in [-0.39, 0.29) is 5.91 Å². The van der Waals surface area contributed by atoms with Crippen LogP contribution in [-0.4, -0.2) is 82.8 Å². The lowest BCUT2D eigenvalue weighted by atomic mass is 10.2. The summed E-state index contributed by atoms with van der Waals surface area (Å²) in [5, 5.41) is 6.24. The minimum atomic E-state index is -5.77. The van der Waals surface area contributed by atoms with Gasteiger partial charge in [0.1, 0.15) is 10.3 Å². The Kier molecular flexibility index (Phi) is 9.70. The zero-order valence-corrected chi connectivity index (χ0v) is 22.7. The van der Waals surface area contributed by atoms with Gasteiger partial charge in [0.15, 0.2) is 11.5 Å². The second kappa shape index (κ2) is 12.6. The van der Waals surface area contributed by atoms with Crippen LogP contribution in [0.2, 0.25) is 0 Å². The fourth-order valence-corrected chi connectivity index (χ4v) is 4.65. The number of carbonyl (C=O) groups excluding carboxylic acids is 3. The van der Waals surface area contributed by atoms with E-state index in [9.17, 15) is 40.7 Å². The predicted octanol–water partition coefficient (Wildman–Crippen LogP) is 4.26. The number of imidazole rings is 1. The van der Waals surface area contributed by atoms with Crippen molar-refractivity contribution in [1.29, 1.82) is 0 Å². The maximum Gasteiger partial charge on any atom is 0.458 e. The molecule has 0 aliphatic rings. The van der Waals surface area contributed by atoms with Crippen molar-refractivity contribution < 1.29 is 40.7 Å². The van der Waals surface area contributed by atoms with Crippen LogP contribution >= 0.6 is 11.3 Å². The number of carbonyl (C=O) groups is 3. The minimum absolute atomic E-state index is 0.00681. The van der Waals surface area contributed by atoms with Crippen molar-refractivity contribution in [2.24, 2.45) is 0 Å². The Morgan fingerprint density at radius 3 is 2.15 bits per heavy atom. The molecular formula is C25H24F6N6O3S. The topological polar surface area (TPSA) is 109 Å². The zero-order valence-electron chi connectivity index (χ0n) is 21.9. The van der Waals surface area contributed by atoms with Gasteiger partial charge in [0, 0.05) is 29.9 Å². The van der Waals surface area contributed by atoms with Crippen LogP contribution in [0.1, 0.15) is 5.69 Å². The number of alkyl halides is 6. The molecule has 16 heteroatoms. The van der Waals surface area contributed by atoms with E-state index < -0.39 is 23.9 Å². The van der Waals surface area contributed by atoms with Crippen LogP contribution in [0.15, 0.2) is 42.6 Å². The Balaban J connectivity index is 0.000000327. The van der Waals surface area contributed by atoms with Gasteiger partial charge in [-0.1, -0.05) is 30.3 Å². The molecule has 0 aliphatic carbocycles. The van der Waals surface area contributed by atoms with Crippen LogP contribution in [0.3, 0.4) is 0 Å². The quantitative estimate of drug-likeness (QED) is 0.176. The number of amides is 1. The van der Waals surface area contributed by atoms with Gasteiger partial charge in [-0.05, 0) is 32.6 Å². The second-order valence-electron chi connectivity index (χ2n) is 8.85. The van der Waals surface area contributed by atoms with E-state index in [4.69, 9.17) is 4.98 Å². The number of halogens is 6. The van der Waals surface area contributed by atoms with E-state index in [1.807, 2.05) is 50.3 Å². The highest BCUT2D eigenvalue weighted by atomic mass is 32.1. The Labute approximate surface area is 233 Å². The van der Waals surface area contributed by atoms with Gasteiger partial charge >= 0.3 is 23.9 Å². The summed E-state index contributed by atoms with van der Waals surface area (Å²) < 4.78 is 69.1. The molecule has 2 N–H and O–H groups in total. The molecule has 4 aromatic rings. The first kappa shape index (κ1) is 31.5. The molecule has 3 aromatic heterocycles. The molecule has 0 unspecified atom stereocenters. The van der Waals surface area contributed by atoms with Gasteiger partial charge in [0.25, 0.3) is 0 Å². The maximum absolute atomic E-state index is 11.8. The summed E-state index contributed by atoms with van der Waals surface area (Å²) in [5.41, 5.74) is 3.98. The lowest BCUT2D eigenvalue weighted by molar-refractivity contribution is -0.193. The summed E-state index contributed by atoms with van der Waals surface area (Å²) in [7, 11) is 3.75. The van der Waals surface area contributed by atoms with Crippen LogP contribution in [0.4, 0.5) is 32.2 Å². The van der Waals surface area contributed by atoms with E-state index >= 15 is 0 Å². The Hall–Kier alpha value is -4.05. The third kappa shape index (κ3) is 8.00. The number of rotatable bonds is 8. The molecule has 0 fully saturated rings. The highest BCUT2D eigenvalue weighted by Gasteiger charge is 2.54. The SMILES string of the molecule is Cc1cnc2c(NCCNC(=O)CN(C)C)nc3cc(-c4ccccc4)sc3n12.O=C(C(=O)C(F)(F)F)C(F)(F)F. The molecule has 0 atom stereocenters. The van der Waals surface area contributed by atoms with E-state index in [0.717, 1.165) is 27.5 Å². The van der Waals surface area contributed by atoms with E-state index in [0.29, 0.717) is 19.6 Å². The third-order valence-corrected chi connectivity index (χ3v) is 6.42. The Morgan fingerprint density at radius 1 is 0.976 bits per heavy atom. The smallest absolute Gasteiger partial charge is 0.365 e. The molecule has 41 heavy (non-hydrogen) atoms. The minimum Gasteiger partial charge on any atom is -0.365 e. The number of aryl methyl sites for hydroxylation is 1. The standard InChI is InChI=1S/C21H24N6OS.C4F6O2/c1-14-12-24-20-19(23-10-9-22-18(28)13-26(2)3)25-16-11-17(29-21(16)27(14)20)15-7-5-4-6-8-15;5-3(6,7)1(11)2(12)4(8,9)10/h4-8,11-12H,9-10,13H2,1-3H3,(H,22,28)(H,23,25);. The number of hydrogen-bond acceptors (Lipinski definition) is 8. The number of nitrogens with zero attached hydrogens (tertiary/aromatic N) is 4. The van der Waals surface area contributed by atoms with Gasteiger partial charge in [-0.3, -0.25) is 18.8 Å². The van der Waals surface area contributed by atoms with Crippen molar-refractivity contribution >= 4 is 50.6 Å². The fourth-order valence-electron chi connectivity index (χ4n) is 3.49. The summed E-state index contributed by atoms with van der Waals surface area (Å²) in [6.07, 6.45) is -9.68. The number of anilines is 1. The largest absolute Gasteiger partial charge is 0.458 e. The molecule has 0 spiro atoms. The van der Waals surface area contributed by atoms with Crippen molar-refractivity contribution in [1.82, 2.24) is 24.6 Å². The molecule has 9 nitrogen and oxygen atoms in total. The predicted molar refractivity (Wildman–Crippen MR) is 141 cm³/mol. The van der Waals surface area contributed by atoms with E-state index in [1.165, 1.54) is 10.4 Å². The summed E-state index contributed by atoms with van der Waals surface area (Å²) >= 11 is 1.72. The average Bonchev–Trinajstić information content (AvgIpc) is 3.48. The lowest BCUT2D eigenvalue weighted by Crippen LogP contribution is -2.39. The number of thiophene rings is 1. The molecule has 0 bridgehead atoms. The van der Waals surface area contributed by atoms with Crippen LogP contribution in [0, 0.1) is 6.92 Å². The van der Waals surface area contributed by atoms with Crippen LogP contribution in [-0.2, 0) is 14.4 Å². The number of fused-ring (bicyclic) bond motifs is 3. The monoisotopic (exact) mass is 602 g/mol. The van der Waals surface area contributed by atoms with Gasteiger partial charge in [-0.15, -0.1) is 11.3 Å². The van der Waals surface area contributed by atoms with Gasteiger partial charge in [-0.2, -0.15) is 26.3 Å². The summed E-state index contributed by atoms with van der Waals surface area (Å²) in [6, 6.07) is 12.5. The number of aromatic nitrogens is 3. The fraction of sp³-hybridized carbons (Fsp3) is 0.320. The Bertz CT molecular complexity index is 1520. The molecule has 1 amide bonds.